The minimum absolute atomic E-state index is 0. The van der Waals surface area contributed by atoms with E-state index in [0.717, 1.165) is 25.7 Å². The van der Waals surface area contributed by atoms with E-state index >= 15 is 0 Å². The van der Waals surface area contributed by atoms with Crippen LogP contribution in [0.1, 0.15) is 32.1 Å². The van der Waals surface area contributed by atoms with Crippen molar-refractivity contribution in [2.75, 3.05) is 6.54 Å². The molecular weight excluding hydrogens is 410 g/mol. The van der Waals surface area contributed by atoms with Gasteiger partial charge in [-0.3, -0.25) is 0 Å². The molecule has 0 heterocycles. The van der Waals surface area contributed by atoms with Gasteiger partial charge in [-0.05, 0) is 18.8 Å². The molecule has 0 spiro atoms. The molecule has 0 unspecified atom stereocenters. The summed E-state index contributed by atoms with van der Waals surface area (Å²) in [4.78, 5) is 10.5. The van der Waals surface area contributed by atoms with E-state index in [9.17, 15) is 13.6 Å². The van der Waals surface area contributed by atoms with Gasteiger partial charge < -0.3 is 26.3 Å². The third-order valence-electron chi connectivity index (χ3n) is 2.45. The van der Waals surface area contributed by atoms with Gasteiger partial charge in [-0.1, -0.05) is 19.3 Å². The fourth-order valence-electron chi connectivity index (χ4n) is 1.70. The van der Waals surface area contributed by atoms with Gasteiger partial charge in [0.2, 0.25) is 0 Å². The van der Waals surface area contributed by atoms with Crippen LogP contribution in [0.2, 0.25) is 0 Å². The average molecular weight is 427 g/mol. The second-order valence-corrected chi connectivity index (χ2v) is 3.96. The standard InChI is InChI=1S/C9H14F2NO.CH3.2O.Os/c10-8(11)9(13)12-6-7-4-2-1-3-5-7;;;;/h7H,1-6H2,(H,12,13);1H3;;;/q2*-1;;;. The molecule has 4 nitrogen and oxygen atoms in total. The Hall–Kier alpha value is -0.564. The summed E-state index contributed by atoms with van der Waals surface area (Å²) in [6, 6.07) is 0. The van der Waals surface area contributed by atoms with Crippen molar-refractivity contribution in [1.29, 1.82) is 0 Å². The van der Waals surface area contributed by atoms with Crippen molar-refractivity contribution >= 4 is 5.91 Å². The van der Waals surface area contributed by atoms with E-state index in [4.69, 9.17) is 7.08 Å². The first-order chi connectivity index (χ1) is 7.61. The predicted octanol–water partition coefficient (Wildman–Crippen LogP) is 2.32. The van der Waals surface area contributed by atoms with Crippen LogP contribution in [-0.4, -0.2) is 12.5 Å². The third kappa shape index (κ3) is 10.3. The quantitative estimate of drug-likeness (QED) is 0.704. The zero-order chi connectivity index (χ0) is 12.4. The van der Waals surface area contributed by atoms with E-state index in [1.54, 1.807) is 0 Å². The summed E-state index contributed by atoms with van der Waals surface area (Å²) in [7, 11) is 0. The normalized spacial score (nSPS) is 14.9. The number of hydrogen-bond donors (Lipinski definition) is 1. The van der Waals surface area contributed by atoms with Gasteiger partial charge in [-0.2, -0.15) is 0 Å². The first kappa shape index (κ1) is 18.8. The van der Waals surface area contributed by atoms with Crippen LogP contribution in [0.15, 0.2) is 0 Å². The Kier molecular flexibility index (Phi) is 13.2. The summed E-state index contributed by atoms with van der Waals surface area (Å²) in [6.45, 7) is 0.399. The number of carbonyl (C=O) groups excluding carboxylic acids is 1. The molecule has 1 rings (SSSR count). The molecule has 1 saturated carbocycles. The van der Waals surface area contributed by atoms with Gasteiger partial charge >= 0.3 is 24.4 Å². The van der Waals surface area contributed by atoms with Crippen LogP contribution in [0, 0.1) is 19.8 Å². The third-order valence-corrected chi connectivity index (χ3v) is 2.45. The summed E-state index contributed by atoms with van der Waals surface area (Å²) in [6.07, 6.45) is 3.50. The van der Waals surface area contributed by atoms with Gasteiger partial charge in [0.1, 0.15) is 5.91 Å². The Morgan fingerprint density at radius 2 is 1.71 bits per heavy atom. The maximum atomic E-state index is 11.7. The van der Waals surface area contributed by atoms with Crippen LogP contribution in [-0.2, 0) is 29.2 Å². The number of halogens is 2. The Morgan fingerprint density at radius 1 is 1.24 bits per heavy atom. The number of hydrogen-bond acceptors (Lipinski definition) is 3. The molecule has 0 aromatic rings. The van der Waals surface area contributed by atoms with E-state index < -0.39 is 29.6 Å². The van der Waals surface area contributed by atoms with Gasteiger partial charge in [-0.15, -0.1) is 0 Å². The van der Waals surface area contributed by atoms with Crippen molar-refractivity contribution in [2.45, 2.75) is 32.1 Å². The molecule has 1 amide bonds. The molecule has 0 aromatic carbocycles. The second-order valence-electron chi connectivity index (χ2n) is 3.53. The first-order valence-electron chi connectivity index (χ1n) is 4.95. The Bertz CT molecular complexity index is 240. The fraction of sp³-hybridized carbons (Fsp3) is 0.700. The molecular formula is C10H17F2NO3Os-2. The summed E-state index contributed by atoms with van der Waals surface area (Å²) < 4.78 is 40.4. The molecule has 7 heteroatoms. The SMILES string of the molecule is O=C(NCC1CCCCC1)[C-](F)F.[CH3-].[O]=[Os]=[O]. The summed E-state index contributed by atoms with van der Waals surface area (Å²) in [5, 5.41) is 2.23. The van der Waals surface area contributed by atoms with Crippen LogP contribution >= 0.6 is 0 Å². The topological polar surface area (TPSA) is 63.2 Å². The summed E-state index contributed by atoms with van der Waals surface area (Å²) >= 11 is -2.08. The predicted molar refractivity (Wildman–Crippen MR) is 52.8 cm³/mol. The number of amides is 1. The van der Waals surface area contributed by atoms with Crippen molar-refractivity contribution in [2.24, 2.45) is 5.92 Å². The molecule has 0 radical (unpaired) electrons. The number of rotatable bonds is 3. The van der Waals surface area contributed by atoms with Crippen LogP contribution in [0.3, 0.4) is 0 Å². The van der Waals surface area contributed by atoms with E-state index in [2.05, 4.69) is 5.32 Å². The molecule has 0 aromatic heterocycles. The Labute approximate surface area is 108 Å². The molecule has 0 aliphatic heterocycles. The van der Waals surface area contributed by atoms with E-state index in [1.807, 2.05) is 0 Å². The Morgan fingerprint density at radius 3 is 2.12 bits per heavy atom. The van der Waals surface area contributed by atoms with Crippen molar-refractivity contribution in [3.63, 3.8) is 0 Å². The molecule has 1 fully saturated rings. The summed E-state index contributed by atoms with van der Waals surface area (Å²) in [5.74, 6) is -0.817. The second kappa shape index (κ2) is 11.9. The van der Waals surface area contributed by atoms with Gasteiger partial charge in [0.15, 0.2) is 0 Å². The van der Waals surface area contributed by atoms with Crippen LogP contribution in [0.25, 0.3) is 0 Å². The number of nitrogens with one attached hydrogen (secondary N) is 1. The van der Waals surface area contributed by atoms with Gasteiger partial charge in [0.25, 0.3) is 0 Å². The molecule has 0 saturated heterocycles. The molecule has 17 heavy (non-hydrogen) atoms. The van der Waals surface area contributed by atoms with E-state index in [-0.39, 0.29) is 7.43 Å². The average Bonchev–Trinajstić information content (AvgIpc) is 2.28. The monoisotopic (exact) mass is 429 g/mol. The fourth-order valence-corrected chi connectivity index (χ4v) is 1.70. The molecule has 0 atom stereocenters. The van der Waals surface area contributed by atoms with Crippen LogP contribution in [0.5, 0.6) is 0 Å². The first-order valence-corrected chi connectivity index (χ1v) is 7.02. The van der Waals surface area contributed by atoms with Gasteiger partial charge in [0.05, 0.1) is 0 Å². The van der Waals surface area contributed by atoms with Crippen molar-refractivity contribution in [3.8, 4) is 0 Å². The van der Waals surface area contributed by atoms with Crippen molar-refractivity contribution in [1.82, 2.24) is 5.32 Å². The molecule has 1 aliphatic rings. The van der Waals surface area contributed by atoms with Crippen LogP contribution in [0.4, 0.5) is 8.78 Å². The van der Waals surface area contributed by atoms with E-state index in [0.29, 0.717) is 12.5 Å². The Balaban J connectivity index is 0. The van der Waals surface area contributed by atoms with Gasteiger partial charge in [-0.25, -0.2) is 0 Å². The van der Waals surface area contributed by atoms with Crippen molar-refractivity contribution < 1.29 is 38.0 Å². The minimum atomic E-state index is -2.14. The molecule has 104 valence electrons. The maximum absolute atomic E-state index is 11.7. The van der Waals surface area contributed by atoms with Gasteiger partial charge in [0, 0.05) is 13.0 Å². The zero-order valence-corrected chi connectivity index (χ0v) is 12.2. The zero-order valence-electron chi connectivity index (χ0n) is 9.65. The van der Waals surface area contributed by atoms with Crippen LogP contribution < -0.4 is 5.32 Å². The number of carbonyl (C=O) groups is 1. The molecule has 0 bridgehead atoms. The van der Waals surface area contributed by atoms with E-state index in [1.165, 1.54) is 6.42 Å². The summed E-state index contributed by atoms with van der Waals surface area (Å²) in [5.41, 5.74) is 0. The molecule has 1 N–H and O–H groups in total. The van der Waals surface area contributed by atoms with Crippen molar-refractivity contribution in [3.05, 3.63) is 13.9 Å². The molecule has 1 aliphatic carbocycles.